The molecule has 0 amide bonds. The molecule has 176 valence electrons. The summed E-state index contributed by atoms with van der Waals surface area (Å²) in [5.74, 6) is -0.644. The molecule has 1 N–H and O–H groups in total. The van der Waals surface area contributed by atoms with Gasteiger partial charge in [0.25, 0.3) is 0 Å². The van der Waals surface area contributed by atoms with Crippen molar-refractivity contribution >= 4 is 23.5 Å². The lowest BCUT2D eigenvalue weighted by molar-refractivity contribution is 0.313. The molecule has 8 heteroatoms. The summed E-state index contributed by atoms with van der Waals surface area (Å²) in [7, 11) is 2.08. The maximum Gasteiger partial charge on any atom is 0.227 e. The second kappa shape index (κ2) is 8.76. The molecule has 0 spiro atoms. The first-order valence-corrected chi connectivity index (χ1v) is 11.5. The van der Waals surface area contributed by atoms with Gasteiger partial charge in [-0.1, -0.05) is 26.0 Å². The second-order valence-corrected chi connectivity index (χ2v) is 9.66. The first-order chi connectivity index (χ1) is 16.3. The molecule has 3 heterocycles. The molecule has 2 aliphatic heterocycles. The molecular formula is C26H28F2N6. The van der Waals surface area contributed by atoms with Crippen LogP contribution in [0.2, 0.25) is 0 Å². The van der Waals surface area contributed by atoms with Gasteiger partial charge in [-0.25, -0.2) is 18.7 Å². The van der Waals surface area contributed by atoms with Crippen molar-refractivity contribution in [2.24, 2.45) is 4.99 Å². The van der Waals surface area contributed by atoms with Crippen LogP contribution in [0.15, 0.2) is 47.6 Å². The molecule has 34 heavy (non-hydrogen) atoms. The summed E-state index contributed by atoms with van der Waals surface area (Å²) in [5, 5.41) is 3.06. The van der Waals surface area contributed by atoms with E-state index in [2.05, 4.69) is 51.0 Å². The highest BCUT2D eigenvalue weighted by molar-refractivity contribution is 5.85. The fourth-order valence-corrected chi connectivity index (χ4v) is 4.51. The number of benzene rings is 2. The van der Waals surface area contributed by atoms with Gasteiger partial charge in [-0.05, 0) is 42.4 Å². The number of anilines is 3. The number of aromatic nitrogens is 2. The van der Waals surface area contributed by atoms with Crippen LogP contribution in [0.5, 0.6) is 0 Å². The van der Waals surface area contributed by atoms with Crippen LogP contribution in [-0.4, -0.2) is 60.9 Å². The lowest BCUT2D eigenvalue weighted by Crippen LogP contribution is -2.44. The summed E-state index contributed by atoms with van der Waals surface area (Å²) in [4.78, 5) is 17.4. The summed E-state index contributed by atoms with van der Waals surface area (Å²) in [5.41, 5.74) is 4.19. The van der Waals surface area contributed by atoms with Crippen LogP contribution in [0.3, 0.4) is 0 Å². The van der Waals surface area contributed by atoms with Crippen LogP contribution in [0.25, 0.3) is 11.3 Å². The third kappa shape index (κ3) is 4.50. The standard InChI is InChI=1S/C26H28F2N6/c1-26(2)16-29-14-18-5-4-17(10-22(18)26)24-23(28)15-30-25(32-24)31-20-11-19(27)12-21(13-20)34-8-6-33(3)7-9-34/h4-5,10-15H,6-9,16H2,1-3H3,(H,30,31,32). The zero-order valence-corrected chi connectivity index (χ0v) is 19.6. The Hall–Kier alpha value is -3.39. The van der Waals surface area contributed by atoms with Crippen molar-refractivity contribution in [2.75, 3.05) is 50.0 Å². The van der Waals surface area contributed by atoms with Gasteiger partial charge in [0.05, 0.1) is 6.20 Å². The quantitative estimate of drug-likeness (QED) is 0.613. The van der Waals surface area contributed by atoms with Gasteiger partial charge < -0.3 is 15.1 Å². The number of nitrogens with zero attached hydrogens (tertiary/aromatic N) is 5. The number of rotatable bonds is 4. The Morgan fingerprint density at radius 1 is 1.00 bits per heavy atom. The van der Waals surface area contributed by atoms with Gasteiger partial charge in [-0.3, -0.25) is 4.99 Å². The van der Waals surface area contributed by atoms with Crippen LogP contribution >= 0.6 is 0 Å². The number of hydrogen-bond donors (Lipinski definition) is 1. The molecule has 0 atom stereocenters. The molecule has 3 aromatic rings. The van der Waals surface area contributed by atoms with Gasteiger partial charge in [0, 0.05) is 61.3 Å². The van der Waals surface area contributed by atoms with Gasteiger partial charge in [0.15, 0.2) is 5.82 Å². The molecule has 1 fully saturated rings. The average Bonchev–Trinajstić information content (AvgIpc) is 2.80. The molecule has 0 unspecified atom stereocenters. The first-order valence-electron chi connectivity index (χ1n) is 11.5. The minimum absolute atomic E-state index is 0.147. The Bertz CT molecular complexity index is 1250. The minimum Gasteiger partial charge on any atom is -0.369 e. The number of fused-ring (bicyclic) bond motifs is 1. The number of likely N-dealkylation sites (N-methyl/N-ethyl adjacent to an activating group) is 1. The Kier molecular flexibility index (Phi) is 5.77. The van der Waals surface area contributed by atoms with Crippen LogP contribution < -0.4 is 10.2 Å². The highest BCUT2D eigenvalue weighted by Crippen LogP contribution is 2.33. The fraction of sp³-hybridized carbons (Fsp3) is 0.346. The highest BCUT2D eigenvalue weighted by atomic mass is 19.1. The Morgan fingerprint density at radius 3 is 2.59 bits per heavy atom. The second-order valence-electron chi connectivity index (χ2n) is 9.66. The van der Waals surface area contributed by atoms with E-state index in [0.29, 0.717) is 17.8 Å². The summed E-state index contributed by atoms with van der Waals surface area (Å²) in [6.07, 6.45) is 3.01. The third-order valence-electron chi connectivity index (χ3n) is 6.52. The molecule has 0 bridgehead atoms. The van der Waals surface area contributed by atoms with E-state index < -0.39 is 5.82 Å². The van der Waals surface area contributed by atoms with Gasteiger partial charge >= 0.3 is 0 Å². The van der Waals surface area contributed by atoms with E-state index in [9.17, 15) is 8.78 Å². The summed E-state index contributed by atoms with van der Waals surface area (Å²) in [6, 6.07) is 10.6. The van der Waals surface area contributed by atoms with E-state index in [1.807, 2.05) is 30.5 Å². The molecule has 2 aromatic carbocycles. The zero-order valence-electron chi connectivity index (χ0n) is 19.6. The van der Waals surface area contributed by atoms with E-state index in [4.69, 9.17) is 0 Å². The molecule has 5 rings (SSSR count). The topological polar surface area (TPSA) is 56.6 Å². The summed E-state index contributed by atoms with van der Waals surface area (Å²) >= 11 is 0. The Balaban J connectivity index is 1.44. The van der Waals surface area contributed by atoms with Crippen molar-refractivity contribution in [1.29, 1.82) is 0 Å². The molecule has 2 aliphatic rings. The van der Waals surface area contributed by atoms with E-state index in [0.717, 1.165) is 49.2 Å². The smallest absolute Gasteiger partial charge is 0.227 e. The van der Waals surface area contributed by atoms with Crippen molar-refractivity contribution < 1.29 is 8.78 Å². The van der Waals surface area contributed by atoms with Gasteiger partial charge in [0.2, 0.25) is 5.95 Å². The summed E-state index contributed by atoms with van der Waals surface area (Å²) < 4.78 is 29.2. The highest BCUT2D eigenvalue weighted by Gasteiger charge is 2.26. The van der Waals surface area contributed by atoms with Gasteiger partial charge in [0.1, 0.15) is 11.5 Å². The van der Waals surface area contributed by atoms with Crippen LogP contribution in [0.4, 0.5) is 26.1 Å². The first kappa shape index (κ1) is 22.4. The fourth-order valence-electron chi connectivity index (χ4n) is 4.51. The number of hydrogen-bond acceptors (Lipinski definition) is 6. The van der Waals surface area contributed by atoms with Crippen molar-refractivity contribution in [1.82, 2.24) is 14.9 Å². The monoisotopic (exact) mass is 462 g/mol. The molecule has 0 saturated carbocycles. The van der Waals surface area contributed by atoms with Crippen LogP contribution in [-0.2, 0) is 5.41 Å². The van der Waals surface area contributed by atoms with Crippen molar-refractivity contribution in [3.8, 4) is 11.3 Å². The maximum absolute atomic E-state index is 14.8. The number of aliphatic imine (C=N–C) groups is 1. The predicted octanol–water partition coefficient (Wildman–Crippen LogP) is 4.63. The third-order valence-corrected chi connectivity index (χ3v) is 6.52. The number of piperazine rings is 1. The van der Waals surface area contributed by atoms with Crippen molar-refractivity contribution in [2.45, 2.75) is 19.3 Å². The van der Waals surface area contributed by atoms with E-state index >= 15 is 0 Å². The van der Waals surface area contributed by atoms with E-state index in [-0.39, 0.29) is 22.9 Å². The van der Waals surface area contributed by atoms with Crippen molar-refractivity contribution in [3.05, 3.63) is 65.4 Å². The van der Waals surface area contributed by atoms with Crippen LogP contribution in [0, 0.1) is 11.6 Å². The lowest BCUT2D eigenvalue weighted by atomic mass is 9.79. The predicted molar refractivity (Wildman–Crippen MR) is 132 cm³/mol. The summed E-state index contributed by atoms with van der Waals surface area (Å²) in [6.45, 7) is 8.43. The maximum atomic E-state index is 14.8. The minimum atomic E-state index is -0.509. The molecule has 0 radical (unpaired) electrons. The van der Waals surface area contributed by atoms with Crippen LogP contribution in [0.1, 0.15) is 25.0 Å². The Labute approximate surface area is 198 Å². The zero-order chi connectivity index (χ0) is 23.9. The molecule has 0 aliphatic carbocycles. The number of nitrogens with one attached hydrogen (secondary N) is 1. The molecule has 1 saturated heterocycles. The van der Waals surface area contributed by atoms with E-state index in [1.54, 1.807) is 0 Å². The number of halogens is 2. The Morgan fingerprint density at radius 2 is 1.79 bits per heavy atom. The van der Waals surface area contributed by atoms with Gasteiger partial charge in [-0.15, -0.1) is 0 Å². The molecule has 6 nitrogen and oxygen atoms in total. The lowest BCUT2D eigenvalue weighted by Gasteiger charge is -2.34. The normalized spacial score (nSPS) is 17.5. The largest absolute Gasteiger partial charge is 0.369 e. The molecule has 1 aromatic heterocycles. The van der Waals surface area contributed by atoms with Gasteiger partial charge in [-0.2, -0.15) is 0 Å². The van der Waals surface area contributed by atoms with Crippen molar-refractivity contribution in [3.63, 3.8) is 0 Å². The molecular weight excluding hydrogens is 434 g/mol. The SMILES string of the molecule is CN1CCN(c2cc(F)cc(Nc3ncc(F)c(-c4ccc5c(c4)C(C)(C)CN=C5)n3)c2)CC1. The van der Waals surface area contributed by atoms with E-state index in [1.165, 1.54) is 12.1 Å². The average molecular weight is 463 g/mol.